The molecule has 4 aromatic rings. The summed E-state index contributed by atoms with van der Waals surface area (Å²) in [5.41, 5.74) is 4.68. The summed E-state index contributed by atoms with van der Waals surface area (Å²) in [6, 6.07) is 20.3. The molecule has 2 N–H and O–H groups in total. The molecule has 4 atom stereocenters. The molecule has 214 valence electrons. The maximum absolute atomic E-state index is 13.3. The second kappa shape index (κ2) is 11.1. The van der Waals surface area contributed by atoms with Crippen molar-refractivity contribution in [3.05, 3.63) is 83.7 Å². The maximum Gasteiger partial charge on any atom is 0.263 e. The average molecular weight is 571 g/mol. The summed E-state index contributed by atoms with van der Waals surface area (Å²) in [5, 5.41) is 19.5. The molecule has 1 amide bonds. The van der Waals surface area contributed by atoms with Crippen LogP contribution in [0.15, 0.2) is 66.9 Å². The van der Waals surface area contributed by atoms with Gasteiger partial charge in [-0.15, -0.1) is 5.10 Å². The van der Waals surface area contributed by atoms with Crippen LogP contribution >= 0.6 is 0 Å². The second-order valence-electron chi connectivity index (χ2n) is 12.0. The molecule has 3 aromatic carbocycles. The summed E-state index contributed by atoms with van der Waals surface area (Å²) in [6.45, 7) is 6.96. The Balaban J connectivity index is 1.11. The fraction of sp³-hybridized carbons (Fsp3) is 0.406. The van der Waals surface area contributed by atoms with Crippen molar-refractivity contribution in [2.24, 2.45) is 5.92 Å². The quantitative estimate of drug-likeness (QED) is 0.253. The lowest BCUT2D eigenvalue weighted by atomic mass is 9.95. The molecule has 0 aliphatic carbocycles. The van der Waals surface area contributed by atoms with Crippen LogP contribution in [0, 0.1) is 5.92 Å². The number of hydrogen-bond acceptors (Lipinski definition) is 6. The van der Waals surface area contributed by atoms with E-state index in [-0.39, 0.29) is 36.2 Å². The predicted molar refractivity (Wildman–Crippen MR) is 162 cm³/mol. The van der Waals surface area contributed by atoms with Gasteiger partial charge in [-0.2, -0.15) is 0 Å². The maximum atomic E-state index is 13.3. The van der Waals surface area contributed by atoms with Crippen LogP contribution in [0.25, 0.3) is 10.8 Å². The highest BCUT2D eigenvalue weighted by Gasteiger charge is 2.49. The number of carbonyl (C=O) groups is 1. The van der Waals surface area contributed by atoms with E-state index in [1.54, 1.807) is 4.68 Å². The van der Waals surface area contributed by atoms with Gasteiger partial charge < -0.3 is 14.6 Å². The number of nitrogens with zero attached hydrogens (tertiary/aromatic N) is 4. The van der Waals surface area contributed by atoms with Gasteiger partial charge in [-0.3, -0.25) is 14.4 Å². The van der Waals surface area contributed by atoms with Gasteiger partial charge in [0.15, 0.2) is 8.32 Å². The van der Waals surface area contributed by atoms with Gasteiger partial charge in [0.05, 0.1) is 29.2 Å². The molecule has 8 nitrogen and oxygen atoms in total. The Morgan fingerprint density at radius 1 is 0.976 bits per heavy atom. The van der Waals surface area contributed by atoms with Crippen LogP contribution in [0.3, 0.4) is 0 Å². The largest absolute Gasteiger partial charge is 0.432 e. The van der Waals surface area contributed by atoms with Crippen LogP contribution < -0.4 is 4.90 Å². The zero-order valence-electron chi connectivity index (χ0n) is 23.9. The Bertz CT molecular complexity index is 1540. The molecule has 0 radical (unpaired) electrons. The van der Waals surface area contributed by atoms with Crippen LogP contribution in [-0.4, -0.2) is 57.9 Å². The Morgan fingerprint density at radius 3 is 2.46 bits per heavy atom. The first kappa shape index (κ1) is 27.8. The molecule has 41 heavy (non-hydrogen) atoms. The van der Waals surface area contributed by atoms with Crippen molar-refractivity contribution in [1.29, 1.82) is 0 Å². The molecule has 1 fully saturated rings. The van der Waals surface area contributed by atoms with Crippen LogP contribution in [0.5, 0.6) is 0 Å². The second-order valence-corrected chi connectivity index (χ2v) is 16.0. The highest BCUT2D eigenvalue weighted by atomic mass is 28.4. The van der Waals surface area contributed by atoms with Gasteiger partial charge in [-0.1, -0.05) is 48.5 Å². The predicted octanol–water partition coefficient (Wildman–Crippen LogP) is 5.25. The van der Waals surface area contributed by atoms with Gasteiger partial charge in [0.1, 0.15) is 0 Å². The Hall–Kier alpha value is -3.37. The molecule has 2 aliphatic rings. The van der Waals surface area contributed by atoms with Gasteiger partial charge in [-0.25, -0.2) is 0 Å². The Labute approximate surface area is 241 Å². The highest BCUT2D eigenvalue weighted by molar-refractivity contribution is 6.71. The summed E-state index contributed by atoms with van der Waals surface area (Å²) >= 11 is 0. The van der Waals surface area contributed by atoms with Crippen LogP contribution in [0.1, 0.15) is 41.4 Å². The molecule has 3 heterocycles. The Morgan fingerprint density at radius 2 is 1.73 bits per heavy atom. The van der Waals surface area contributed by atoms with Gasteiger partial charge in [0.25, 0.3) is 5.91 Å². The first-order valence-electron chi connectivity index (χ1n) is 14.6. The third-order valence-corrected chi connectivity index (χ3v) is 11.3. The van der Waals surface area contributed by atoms with Crippen molar-refractivity contribution in [2.75, 3.05) is 11.5 Å². The molecule has 1 aromatic heterocycles. The monoisotopic (exact) mass is 570 g/mol. The van der Waals surface area contributed by atoms with Gasteiger partial charge >= 0.3 is 0 Å². The standard InChI is InChI=1S/C32H38N4O4Si/c1-21-28(40-29(31(21)41(2,3)39)16-18-35-20-24(17-19-37)33-34-35)15-12-22-10-13-25(14-11-22)36-27-9-5-7-23-6-4-8-26(30(23)27)32(36)38/h4-11,13-14,20-21,28-29,31,37,39H,12,15-19H2,1-3H3/t21-,28+,29-,31+/m0/s1. The van der Waals surface area contributed by atoms with E-state index in [0.717, 1.165) is 52.7 Å². The van der Waals surface area contributed by atoms with Crippen molar-refractivity contribution in [1.82, 2.24) is 15.0 Å². The highest BCUT2D eigenvalue weighted by Crippen LogP contribution is 2.46. The molecular weight excluding hydrogens is 532 g/mol. The molecule has 2 aliphatic heterocycles. The van der Waals surface area contributed by atoms with Crippen LogP contribution in [0.4, 0.5) is 11.4 Å². The molecule has 0 spiro atoms. The minimum Gasteiger partial charge on any atom is -0.432 e. The lowest BCUT2D eigenvalue weighted by molar-refractivity contribution is 0.0245. The number of aliphatic hydroxyl groups excluding tert-OH is 1. The van der Waals surface area contributed by atoms with Gasteiger partial charge in [0.2, 0.25) is 0 Å². The Kier molecular flexibility index (Phi) is 7.54. The number of anilines is 2. The summed E-state index contributed by atoms with van der Waals surface area (Å²) < 4.78 is 8.42. The number of amides is 1. The molecule has 1 saturated heterocycles. The van der Waals surface area contributed by atoms with Crippen LogP contribution in [0.2, 0.25) is 18.6 Å². The molecule has 9 heteroatoms. The van der Waals surface area contributed by atoms with Crippen LogP contribution in [-0.2, 0) is 24.1 Å². The van der Waals surface area contributed by atoms with E-state index in [1.165, 1.54) is 5.56 Å². The summed E-state index contributed by atoms with van der Waals surface area (Å²) in [4.78, 5) is 26.3. The number of aliphatic hydroxyl groups is 1. The zero-order valence-corrected chi connectivity index (χ0v) is 24.9. The van der Waals surface area contributed by atoms with Crippen molar-refractivity contribution in [2.45, 2.75) is 70.0 Å². The van der Waals surface area contributed by atoms with E-state index in [4.69, 9.17) is 9.84 Å². The third-order valence-electron chi connectivity index (χ3n) is 8.78. The SMILES string of the molecule is C[C@@H]1[C@@H]([Si](C)(C)O)[C@H](CCn2cc(CCO)nn2)O[C@@H]1CCc1ccc(N2C(=O)c3cccc4cccc2c34)cc1. The average Bonchev–Trinajstić information content (AvgIpc) is 3.62. The van der Waals surface area contributed by atoms with Gasteiger partial charge in [-0.05, 0) is 73.5 Å². The summed E-state index contributed by atoms with van der Waals surface area (Å²) in [6.07, 6.45) is 4.91. The van der Waals surface area contributed by atoms with Gasteiger partial charge in [0, 0.05) is 42.4 Å². The molecule has 6 rings (SSSR count). The number of benzene rings is 3. The topological polar surface area (TPSA) is 101 Å². The van der Waals surface area contributed by atoms with E-state index in [0.29, 0.717) is 13.0 Å². The third kappa shape index (κ3) is 5.35. The molecular formula is C32H38N4O4Si. The number of rotatable bonds is 10. The van der Waals surface area contributed by atoms with Crippen molar-refractivity contribution in [3.63, 3.8) is 0 Å². The van der Waals surface area contributed by atoms with E-state index < -0.39 is 8.32 Å². The molecule has 0 bridgehead atoms. The zero-order chi connectivity index (χ0) is 28.7. The number of carbonyl (C=O) groups excluding carboxylic acids is 1. The molecule has 0 saturated carbocycles. The first-order chi connectivity index (χ1) is 19.7. The van der Waals surface area contributed by atoms with Crippen molar-refractivity contribution >= 4 is 36.4 Å². The summed E-state index contributed by atoms with van der Waals surface area (Å²) in [5.74, 6) is 0.272. The number of ether oxygens (including phenoxy) is 1. The lowest BCUT2D eigenvalue weighted by Crippen LogP contribution is -2.40. The number of aromatic nitrogens is 3. The van der Waals surface area contributed by atoms with Crippen molar-refractivity contribution in [3.8, 4) is 0 Å². The number of hydrogen-bond donors (Lipinski definition) is 2. The van der Waals surface area contributed by atoms with E-state index >= 15 is 0 Å². The van der Waals surface area contributed by atoms with E-state index in [2.05, 4.69) is 29.4 Å². The lowest BCUT2D eigenvalue weighted by Gasteiger charge is -2.30. The summed E-state index contributed by atoms with van der Waals surface area (Å²) in [7, 11) is -2.46. The smallest absolute Gasteiger partial charge is 0.263 e. The normalized spacial score (nSPS) is 22.3. The minimum atomic E-state index is -2.46. The molecule has 0 unspecified atom stereocenters. The number of aryl methyl sites for hydroxylation is 2. The van der Waals surface area contributed by atoms with E-state index in [9.17, 15) is 9.59 Å². The minimum absolute atomic E-state index is 0.0149. The van der Waals surface area contributed by atoms with E-state index in [1.807, 2.05) is 72.7 Å². The first-order valence-corrected chi connectivity index (χ1v) is 17.6. The fourth-order valence-electron chi connectivity index (χ4n) is 6.91. The van der Waals surface area contributed by atoms with Crippen molar-refractivity contribution < 1.29 is 19.4 Å². The fourth-order valence-corrected chi connectivity index (χ4v) is 9.57.